The summed E-state index contributed by atoms with van der Waals surface area (Å²) in [6.45, 7) is 10.4. The fourth-order valence-corrected chi connectivity index (χ4v) is 4.01. The van der Waals surface area contributed by atoms with E-state index in [1.165, 1.54) is 5.56 Å². The molecular formula is C17H29N5O. The van der Waals surface area contributed by atoms with Gasteiger partial charge < -0.3 is 15.1 Å². The molecule has 3 heterocycles. The summed E-state index contributed by atoms with van der Waals surface area (Å²) in [7, 11) is 0. The molecule has 2 aliphatic rings. The molecule has 128 valence electrons. The van der Waals surface area contributed by atoms with Gasteiger partial charge in [0, 0.05) is 36.9 Å². The number of hydrogen-bond donors (Lipinski definition) is 2. The third kappa shape index (κ3) is 3.37. The molecule has 0 unspecified atom stereocenters. The molecule has 6 heteroatoms. The van der Waals surface area contributed by atoms with E-state index in [0.29, 0.717) is 6.04 Å². The molecular weight excluding hydrogens is 290 g/mol. The topological polar surface area (TPSA) is 64.3 Å². The van der Waals surface area contributed by atoms with E-state index in [0.717, 1.165) is 63.3 Å². The van der Waals surface area contributed by atoms with Gasteiger partial charge in [0.25, 0.3) is 0 Å². The van der Waals surface area contributed by atoms with Crippen LogP contribution in [0.5, 0.6) is 0 Å². The molecule has 0 aliphatic carbocycles. The minimum Gasteiger partial charge on any atom is -0.335 e. The van der Waals surface area contributed by atoms with Crippen molar-refractivity contribution in [1.29, 1.82) is 0 Å². The number of nitrogens with one attached hydrogen (secondary N) is 2. The van der Waals surface area contributed by atoms with E-state index in [1.807, 2.05) is 18.7 Å². The molecule has 2 aliphatic heterocycles. The molecule has 23 heavy (non-hydrogen) atoms. The molecule has 2 N–H and O–H groups in total. The van der Waals surface area contributed by atoms with E-state index in [4.69, 9.17) is 0 Å². The molecule has 6 nitrogen and oxygen atoms in total. The third-order valence-electron chi connectivity index (χ3n) is 5.39. The van der Waals surface area contributed by atoms with Crippen molar-refractivity contribution < 1.29 is 4.79 Å². The molecule has 1 atom stereocenters. The van der Waals surface area contributed by atoms with Gasteiger partial charge in [-0.2, -0.15) is 5.10 Å². The van der Waals surface area contributed by atoms with Crippen LogP contribution in [-0.4, -0.2) is 58.2 Å². The van der Waals surface area contributed by atoms with Crippen LogP contribution in [0.1, 0.15) is 55.6 Å². The predicted molar refractivity (Wildman–Crippen MR) is 90.4 cm³/mol. The molecule has 1 aromatic rings. The number of H-pyrrole nitrogens is 1. The van der Waals surface area contributed by atoms with Gasteiger partial charge in [-0.1, -0.05) is 6.92 Å². The number of amides is 2. The van der Waals surface area contributed by atoms with Gasteiger partial charge in [0.1, 0.15) is 0 Å². The highest BCUT2D eigenvalue weighted by atomic mass is 16.2. The van der Waals surface area contributed by atoms with Crippen LogP contribution >= 0.6 is 0 Å². The Morgan fingerprint density at radius 3 is 2.61 bits per heavy atom. The van der Waals surface area contributed by atoms with Crippen LogP contribution in [0.25, 0.3) is 0 Å². The first-order valence-electron chi connectivity index (χ1n) is 8.91. The van der Waals surface area contributed by atoms with E-state index in [-0.39, 0.29) is 12.1 Å². The van der Waals surface area contributed by atoms with Crippen LogP contribution < -0.4 is 5.32 Å². The Labute approximate surface area is 138 Å². The molecule has 2 amide bonds. The Hall–Kier alpha value is -1.56. The smallest absolute Gasteiger partial charge is 0.318 e. The Kier molecular flexibility index (Phi) is 4.90. The van der Waals surface area contributed by atoms with Crippen molar-refractivity contribution in [2.24, 2.45) is 0 Å². The average Bonchev–Trinajstić information content (AvgIpc) is 3.14. The highest BCUT2D eigenvalue weighted by Crippen LogP contribution is 2.34. The quantitative estimate of drug-likeness (QED) is 0.899. The Morgan fingerprint density at radius 2 is 2.00 bits per heavy atom. The van der Waals surface area contributed by atoms with E-state index in [2.05, 4.69) is 27.3 Å². The summed E-state index contributed by atoms with van der Waals surface area (Å²) in [6, 6.07) is 0.588. The zero-order chi connectivity index (χ0) is 16.4. The normalized spacial score (nSPS) is 23.4. The van der Waals surface area contributed by atoms with E-state index < -0.39 is 0 Å². The lowest BCUT2D eigenvalue weighted by Crippen LogP contribution is -2.49. The maximum absolute atomic E-state index is 12.8. The Balaban J connectivity index is 1.63. The summed E-state index contributed by atoms with van der Waals surface area (Å²) in [6.07, 6.45) is 4.21. The van der Waals surface area contributed by atoms with E-state index in [1.54, 1.807) is 0 Å². The first kappa shape index (κ1) is 16.3. The number of piperidine rings is 1. The van der Waals surface area contributed by atoms with Crippen LogP contribution in [0, 0.1) is 13.8 Å². The lowest BCUT2D eigenvalue weighted by Gasteiger charge is -2.33. The molecule has 0 bridgehead atoms. The minimum absolute atomic E-state index is 0.0995. The van der Waals surface area contributed by atoms with Crippen molar-refractivity contribution >= 4 is 6.03 Å². The lowest BCUT2D eigenvalue weighted by molar-refractivity contribution is 0.171. The first-order valence-corrected chi connectivity index (χ1v) is 8.91. The van der Waals surface area contributed by atoms with Crippen molar-refractivity contribution in [2.45, 2.75) is 58.5 Å². The standard InChI is InChI=1S/C17H29N5O/c1-4-21-10-7-14(8-11-21)18-17(23)22-9-5-6-15(22)16-12(2)19-20-13(16)3/h14-15H,4-11H2,1-3H3,(H,18,23)(H,19,20)/t15-/m1/s1. The maximum Gasteiger partial charge on any atom is 0.318 e. The number of carbonyl (C=O) groups excluding carboxylic acids is 1. The average molecular weight is 319 g/mol. The van der Waals surface area contributed by atoms with E-state index in [9.17, 15) is 4.79 Å². The van der Waals surface area contributed by atoms with Gasteiger partial charge in [-0.05, 0) is 46.1 Å². The van der Waals surface area contributed by atoms with Gasteiger partial charge in [-0.15, -0.1) is 0 Å². The summed E-state index contributed by atoms with van der Waals surface area (Å²) >= 11 is 0. The van der Waals surface area contributed by atoms with Gasteiger partial charge >= 0.3 is 6.03 Å². The number of aryl methyl sites for hydroxylation is 2. The van der Waals surface area contributed by atoms with Crippen LogP contribution in [0.3, 0.4) is 0 Å². The summed E-state index contributed by atoms with van der Waals surface area (Å²) in [5.41, 5.74) is 3.31. The third-order valence-corrected chi connectivity index (χ3v) is 5.39. The minimum atomic E-state index is 0.0995. The summed E-state index contributed by atoms with van der Waals surface area (Å²) in [5, 5.41) is 10.6. The largest absolute Gasteiger partial charge is 0.335 e. The molecule has 1 aromatic heterocycles. The summed E-state index contributed by atoms with van der Waals surface area (Å²) in [5.74, 6) is 0. The highest BCUT2D eigenvalue weighted by Gasteiger charge is 2.34. The zero-order valence-electron chi connectivity index (χ0n) is 14.6. The molecule has 0 spiro atoms. The molecule has 0 radical (unpaired) electrons. The monoisotopic (exact) mass is 319 g/mol. The second kappa shape index (κ2) is 6.91. The van der Waals surface area contributed by atoms with Crippen LogP contribution in [0.4, 0.5) is 4.79 Å². The van der Waals surface area contributed by atoms with Gasteiger partial charge in [-0.3, -0.25) is 5.10 Å². The number of urea groups is 1. The van der Waals surface area contributed by atoms with Crippen LogP contribution in [-0.2, 0) is 0 Å². The second-order valence-corrected chi connectivity index (χ2v) is 6.86. The second-order valence-electron chi connectivity index (χ2n) is 6.86. The zero-order valence-corrected chi connectivity index (χ0v) is 14.6. The predicted octanol–water partition coefficient (Wildman–Crippen LogP) is 2.36. The van der Waals surface area contributed by atoms with Crippen molar-refractivity contribution in [3.05, 3.63) is 17.0 Å². The first-order chi connectivity index (χ1) is 11.1. The lowest BCUT2D eigenvalue weighted by atomic mass is 10.0. The highest BCUT2D eigenvalue weighted by molar-refractivity contribution is 5.75. The number of nitrogens with zero attached hydrogens (tertiary/aromatic N) is 3. The number of aromatic nitrogens is 2. The van der Waals surface area contributed by atoms with Gasteiger partial charge in [0.2, 0.25) is 0 Å². The van der Waals surface area contributed by atoms with Crippen molar-refractivity contribution in [3.63, 3.8) is 0 Å². The Bertz CT molecular complexity index is 528. The number of rotatable bonds is 3. The van der Waals surface area contributed by atoms with E-state index >= 15 is 0 Å². The number of aromatic amines is 1. The maximum atomic E-state index is 12.8. The summed E-state index contributed by atoms with van der Waals surface area (Å²) < 4.78 is 0. The molecule has 2 fully saturated rings. The number of likely N-dealkylation sites (tertiary alicyclic amines) is 2. The number of hydrogen-bond acceptors (Lipinski definition) is 3. The number of carbonyl (C=O) groups is 1. The molecule has 3 rings (SSSR count). The molecule has 0 saturated carbocycles. The SMILES string of the molecule is CCN1CCC(NC(=O)N2CCC[C@@H]2c2c(C)n[nH]c2C)CC1. The van der Waals surface area contributed by atoms with Crippen LogP contribution in [0.15, 0.2) is 0 Å². The Morgan fingerprint density at radius 1 is 1.26 bits per heavy atom. The molecule has 0 aromatic carbocycles. The summed E-state index contributed by atoms with van der Waals surface area (Å²) in [4.78, 5) is 17.2. The van der Waals surface area contributed by atoms with Crippen molar-refractivity contribution in [1.82, 2.24) is 25.3 Å². The van der Waals surface area contributed by atoms with Crippen LogP contribution in [0.2, 0.25) is 0 Å². The molecule has 2 saturated heterocycles. The fourth-order valence-electron chi connectivity index (χ4n) is 4.01. The van der Waals surface area contributed by atoms with Crippen molar-refractivity contribution in [2.75, 3.05) is 26.2 Å². The van der Waals surface area contributed by atoms with Gasteiger partial charge in [0.15, 0.2) is 0 Å². The van der Waals surface area contributed by atoms with Crippen molar-refractivity contribution in [3.8, 4) is 0 Å². The van der Waals surface area contributed by atoms with Gasteiger partial charge in [0.05, 0.1) is 11.7 Å². The van der Waals surface area contributed by atoms with Gasteiger partial charge in [-0.25, -0.2) is 4.79 Å². The fraction of sp³-hybridized carbons (Fsp3) is 0.765.